The lowest BCUT2D eigenvalue weighted by molar-refractivity contribution is -0.359. The lowest BCUT2D eigenvalue weighted by atomic mass is 9.22. The van der Waals surface area contributed by atoms with Gasteiger partial charge in [0.1, 0.15) is 0 Å². The quantitative estimate of drug-likeness (QED) is 0.222. The Labute approximate surface area is 274 Å². The number of carbonyl (C=O) groups is 1. The average molecular weight is 627 g/mol. The minimum Gasteiger partial charge on any atom is -0.481 e. The minimum atomic E-state index is -1.03. The van der Waals surface area contributed by atoms with Gasteiger partial charge in [-0.1, -0.05) is 66.7 Å². The Bertz CT molecular complexity index is 1190. The molecule has 1 heterocycles. The molecular weight excluding hydrogens is 560 g/mol. The highest BCUT2D eigenvalue weighted by Crippen LogP contribution is 2.87. The maximum Gasteiger partial charge on any atom is 0.309 e. The fraction of sp³-hybridized carbons (Fsp3) is 0.975. The van der Waals surface area contributed by atoms with Crippen LogP contribution in [0.4, 0.5) is 0 Å². The normalized spacial score (nSPS) is 56.2. The Morgan fingerprint density at radius 3 is 2.24 bits per heavy atom. The van der Waals surface area contributed by atoms with Crippen molar-refractivity contribution in [3.8, 4) is 0 Å². The van der Waals surface area contributed by atoms with E-state index < -0.39 is 17.2 Å². The third-order valence-electron chi connectivity index (χ3n) is 18.2. The first-order chi connectivity index (χ1) is 21.2. The first kappa shape index (κ1) is 32.9. The number of carboxylic acid groups (broad SMARTS) is 1. The number of unbranched alkanes of at least 4 members (excludes halogenated alkanes) is 3. The second-order valence-electron chi connectivity index (χ2n) is 19.2. The Morgan fingerprint density at radius 1 is 0.822 bits per heavy atom. The molecule has 0 aromatic carbocycles. The van der Waals surface area contributed by atoms with Gasteiger partial charge in [0.2, 0.25) is 0 Å². The second kappa shape index (κ2) is 10.4. The molecule has 1 spiro atoms. The Kier molecular flexibility index (Phi) is 7.62. The summed E-state index contributed by atoms with van der Waals surface area (Å²) in [4.78, 5) is 12.9. The number of aliphatic hydroxyl groups excluding tert-OH is 1. The molecule has 0 amide bonds. The average Bonchev–Trinajstić information content (AvgIpc) is 3.19. The van der Waals surface area contributed by atoms with E-state index in [0.29, 0.717) is 36.7 Å². The van der Waals surface area contributed by atoms with Gasteiger partial charge < -0.3 is 20.1 Å². The minimum absolute atomic E-state index is 0.00981. The van der Waals surface area contributed by atoms with Crippen LogP contribution in [-0.4, -0.2) is 40.3 Å². The van der Waals surface area contributed by atoms with E-state index in [1.54, 1.807) is 0 Å². The molecule has 3 N–H and O–H groups in total. The van der Waals surface area contributed by atoms with Crippen molar-refractivity contribution >= 4 is 5.97 Å². The van der Waals surface area contributed by atoms with Gasteiger partial charge in [-0.3, -0.25) is 4.79 Å². The van der Waals surface area contributed by atoms with Gasteiger partial charge in [0, 0.05) is 23.2 Å². The van der Waals surface area contributed by atoms with E-state index >= 15 is 0 Å². The lowest BCUT2D eigenvalue weighted by Crippen LogP contribution is -2.78. The molecule has 0 radical (unpaired) electrons. The van der Waals surface area contributed by atoms with Crippen LogP contribution >= 0.6 is 0 Å². The molecule has 2 bridgehead atoms. The molecule has 1 saturated heterocycles. The summed E-state index contributed by atoms with van der Waals surface area (Å²) in [5, 5.41) is 34.6. The van der Waals surface area contributed by atoms with Crippen molar-refractivity contribution < 1.29 is 24.9 Å². The topological polar surface area (TPSA) is 87.0 Å². The number of rotatable bonds is 9. The number of carboxylic acids is 1. The van der Waals surface area contributed by atoms with Gasteiger partial charge in [0.15, 0.2) is 5.79 Å². The molecule has 0 aromatic heterocycles. The summed E-state index contributed by atoms with van der Waals surface area (Å²) < 4.78 is 6.54. The van der Waals surface area contributed by atoms with E-state index in [1.165, 1.54) is 57.8 Å². The van der Waals surface area contributed by atoms with Crippen molar-refractivity contribution in [3.63, 3.8) is 0 Å². The molecule has 7 rings (SSSR count). The van der Waals surface area contributed by atoms with E-state index in [4.69, 9.17) is 4.74 Å². The molecule has 7 aliphatic rings. The first-order valence-electron chi connectivity index (χ1n) is 19.4. The fourth-order valence-electron chi connectivity index (χ4n) is 16.0. The smallest absolute Gasteiger partial charge is 0.309 e. The zero-order valence-electron chi connectivity index (χ0n) is 29.7. The summed E-state index contributed by atoms with van der Waals surface area (Å²) in [6.45, 7) is 15.3. The van der Waals surface area contributed by atoms with Gasteiger partial charge >= 0.3 is 5.97 Å². The number of hydrogen-bond acceptors (Lipinski definition) is 4. The van der Waals surface area contributed by atoms with Crippen LogP contribution in [0.15, 0.2) is 0 Å². The molecule has 13 atom stereocenters. The van der Waals surface area contributed by atoms with Gasteiger partial charge in [-0.2, -0.15) is 0 Å². The maximum absolute atomic E-state index is 12.9. The monoisotopic (exact) mass is 626 g/mol. The van der Waals surface area contributed by atoms with Crippen LogP contribution < -0.4 is 0 Å². The Balaban J connectivity index is 1.39. The number of ether oxygens (including phenoxy) is 1. The van der Waals surface area contributed by atoms with Crippen LogP contribution in [0.5, 0.6) is 0 Å². The molecule has 0 aromatic rings. The summed E-state index contributed by atoms with van der Waals surface area (Å²) in [6, 6.07) is 0. The summed E-state index contributed by atoms with van der Waals surface area (Å²) >= 11 is 0. The zero-order valence-corrected chi connectivity index (χ0v) is 29.7. The van der Waals surface area contributed by atoms with Gasteiger partial charge in [-0.15, -0.1) is 0 Å². The van der Waals surface area contributed by atoms with Crippen LogP contribution in [0.25, 0.3) is 0 Å². The van der Waals surface area contributed by atoms with Crippen LogP contribution in [0.1, 0.15) is 157 Å². The Morgan fingerprint density at radius 2 is 1.56 bits per heavy atom. The number of aliphatic carboxylic acids is 1. The Hall–Kier alpha value is -0.650. The highest BCUT2D eigenvalue weighted by Gasteiger charge is 2.84. The van der Waals surface area contributed by atoms with Crippen LogP contribution in [0.3, 0.4) is 0 Å². The summed E-state index contributed by atoms with van der Waals surface area (Å²) in [5.74, 6) is 0.245. The molecule has 256 valence electrons. The molecular formula is C40H66O5. The maximum atomic E-state index is 12.9. The van der Waals surface area contributed by atoms with E-state index in [0.717, 1.165) is 51.4 Å². The van der Waals surface area contributed by atoms with Gasteiger partial charge in [0.05, 0.1) is 18.6 Å². The largest absolute Gasteiger partial charge is 0.481 e. The predicted octanol–water partition coefficient (Wildman–Crippen LogP) is 8.99. The third-order valence-corrected chi connectivity index (χ3v) is 18.2. The second-order valence-corrected chi connectivity index (χ2v) is 19.2. The first-order valence-corrected chi connectivity index (χ1v) is 19.4. The molecule has 5 heteroatoms. The van der Waals surface area contributed by atoms with Gasteiger partial charge in [0.25, 0.3) is 0 Å². The summed E-state index contributed by atoms with van der Waals surface area (Å²) in [7, 11) is 0. The fourth-order valence-corrected chi connectivity index (χ4v) is 16.0. The van der Waals surface area contributed by atoms with E-state index in [2.05, 4.69) is 41.5 Å². The number of fused-ring (bicyclic) bond motifs is 5. The van der Waals surface area contributed by atoms with Gasteiger partial charge in [-0.05, 0) is 129 Å². The summed E-state index contributed by atoms with van der Waals surface area (Å²) in [5.41, 5.74) is -0.571. The summed E-state index contributed by atoms with van der Waals surface area (Å²) in [6.07, 6.45) is 19.8. The predicted molar refractivity (Wildman–Crippen MR) is 177 cm³/mol. The molecule has 1 aliphatic heterocycles. The van der Waals surface area contributed by atoms with E-state index in [-0.39, 0.29) is 45.0 Å². The van der Waals surface area contributed by atoms with Crippen molar-refractivity contribution in [3.05, 3.63) is 0 Å². The molecule has 6 aliphatic carbocycles. The van der Waals surface area contributed by atoms with Crippen molar-refractivity contribution in [2.24, 2.45) is 67.5 Å². The van der Waals surface area contributed by atoms with Crippen molar-refractivity contribution in [1.82, 2.24) is 0 Å². The molecule has 5 nitrogen and oxygen atoms in total. The van der Waals surface area contributed by atoms with Crippen LogP contribution in [-0.2, 0) is 9.53 Å². The number of hydrogen-bond donors (Lipinski definition) is 3. The third kappa shape index (κ3) is 3.76. The van der Waals surface area contributed by atoms with Crippen LogP contribution in [0.2, 0.25) is 0 Å². The van der Waals surface area contributed by atoms with E-state index in [1.807, 2.05) is 0 Å². The highest BCUT2D eigenvalue weighted by molar-refractivity contribution is 5.74. The molecule has 7 fully saturated rings. The molecule has 0 unspecified atom stereocenters. The highest BCUT2D eigenvalue weighted by atomic mass is 16.6. The zero-order chi connectivity index (χ0) is 32.3. The van der Waals surface area contributed by atoms with Crippen molar-refractivity contribution in [2.45, 2.75) is 163 Å². The molecule has 6 saturated carbocycles. The van der Waals surface area contributed by atoms with Crippen molar-refractivity contribution in [1.29, 1.82) is 0 Å². The standard InChI is InChI=1S/C40H66O5/c1-7-9-10-11-16-37-22-27-13-14-28-23-40(44)30(12-8-2)38(26-45-40)17-15-29(36(27,6)39(28,38)25-41)35(37,5)21-20-33(3)18-19-34(4,32(42)43)24-31(33)37/h27-31,41,44H,7-26H2,1-6H3,(H,42,43)/t27-,28-,29+,30+,31+,33+,34+,35+,36+,37-,38-,39-,40-/m0/s1. The van der Waals surface area contributed by atoms with E-state index in [9.17, 15) is 20.1 Å². The van der Waals surface area contributed by atoms with Crippen molar-refractivity contribution in [2.75, 3.05) is 13.2 Å². The van der Waals surface area contributed by atoms with Crippen LogP contribution in [0, 0.1) is 67.5 Å². The molecule has 45 heavy (non-hydrogen) atoms. The number of aliphatic hydroxyl groups is 2. The lowest BCUT2D eigenvalue weighted by Gasteiger charge is -2.82. The SMILES string of the molecule is CCCCCC[C@@]12C[C@@H]3CC[C@H]4C[C@]5(O)OC[C@@]6(CC[C@@H]([C@]3(C)[C@]46CO)[C@@]1(C)CC[C@@]1(C)CC[C@@](C)(C(=O)O)C[C@H]12)[C@H]5CCC. The van der Waals surface area contributed by atoms with Gasteiger partial charge in [-0.25, -0.2) is 0 Å².